The summed E-state index contributed by atoms with van der Waals surface area (Å²) in [5.41, 5.74) is 3.56. The molecule has 0 saturated carbocycles. The molecule has 1 atom stereocenters. The van der Waals surface area contributed by atoms with E-state index in [1.54, 1.807) is 6.07 Å². The fraction of sp³-hybridized carbons (Fsp3) is 0.333. The molecule has 3 rings (SSSR count). The highest BCUT2D eigenvalue weighted by Crippen LogP contribution is 2.21. The average molecular weight is 452 g/mol. The highest BCUT2D eigenvalue weighted by atomic mass is 32.2. The van der Waals surface area contributed by atoms with Crippen LogP contribution >= 0.6 is 11.8 Å². The van der Waals surface area contributed by atoms with Crippen molar-refractivity contribution < 1.29 is 9.59 Å². The summed E-state index contributed by atoms with van der Waals surface area (Å²) >= 11 is 1.33. The smallest absolute Gasteiger partial charge is 0.252 e. The maximum Gasteiger partial charge on any atom is 0.252 e. The minimum atomic E-state index is -0.324. The van der Waals surface area contributed by atoms with Gasteiger partial charge in [-0.2, -0.15) is 0 Å². The van der Waals surface area contributed by atoms with Gasteiger partial charge in [-0.05, 0) is 56.5 Å². The SMILES string of the molecule is CCc1ccc(NC(=O)CSc2nnc([C@@H](C)NC(=O)c3ccccc3C)n2CC)cc1. The molecule has 2 N–H and O–H groups in total. The standard InChI is InChI=1S/C24H29N5O2S/c1-5-18-11-13-19(14-12-18)26-21(30)15-32-24-28-27-22(29(24)6-2)17(4)25-23(31)20-10-8-7-9-16(20)3/h7-14,17H,5-6,15H2,1-4H3,(H,25,31)(H,26,30)/t17-/m1/s1. The van der Waals surface area contributed by atoms with E-state index in [0.29, 0.717) is 23.1 Å². The van der Waals surface area contributed by atoms with Crippen LogP contribution in [0.1, 0.15) is 54.1 Å². The lowest BCUT2D eigenvalue weighted by Gasteiger charge is -2.16. The number of rotatable bonds is 9. The molecule has 7 nitrogen and oxygen atoms in total. The molecule has 0 aliphatic carbocycles. The molecule has 0 aliphatic rings. The van der Waals surface area contributed by atoms with E-state index in [2.05, 4.69) is 27.8 Å². The number of amides is 2. The van der Waals surface area contributed by atoms with Crippen molar-refractivity contribution in [3.05, 3.63) is 71.0 Å². The number of nitrogens with one attached hydrogen (secondary N) is 2. The number of aromatic nitrogens is 3. The average Bonchev–Trinajstić information content (AvgIpc) is 3.21. The maximum atomic E-state index is 12.7. The van der Waals surface area contributed by atoms with E-state index in [1.165, 1.54) is 17.3 Å². The van der Waals surface area contributed by atoms with Gasteiger partial charge in [0.15, 0.2) is 11.0 Å². The third-order valence-corrected chi connectivity index (χ3v) is 6.13. The second-order valence-electron chi connectivity index (χ2n) is 7.48. The van der Waals surface area contributed by atoms with E-state index in [9.17, 15) is 9.59 Å². The Balaban J connectivity index is 1.61. The lowest BCUT2D eigenvalue weighted by Crippen LogP contribution is -2.29. The van der Waals surface area contributed by atoms with Gasteiger partial charge in [0.05, 0.1) is 11.8 Å². The van der Waals surface area contributed by atoms with Crippen molar-refractivity contribution in [3.63, 3.8) is 0 Å². The number of hydrogen-bond acceptors (Lipinski definition) is 5. The van der Waals surface area contributed by atoms with Crippen LogP contribution in [0.5, 0.6) is 0 Å². The number of thioether (sulfide) groups is 1. The molecule has 0 fully saturated rings. The first kappa shape index (κ1) is 23.5. The largest absolute Gasteiger partial charge is 0.342 e. The molecule has 0 aliphatic heterocycles. The van der Waals surface area contributed by atoms with Gasteiger partial charge in [0.1, 0.15) is 0 Å². The summed E-state index contributed by atoms with van der Waals surface area (Å²) in [6.45, 7) is 8.51. The van der Waals surface area contributed by atoms with Crippen molar-refractivity contribution in [1.82, 2.24) is 20.1 Å². The van der Waals surface area contributed by atoms with Crippen molar-refractivity contribution in [3.8, 4) is 0 Å². The predicted octanol–water partition coefficient (Wildman–Crippen LogP) is 4.39. The van der Waals surface area contributed by atoms with Crippen LogP contribution in [0.2, 0.25) is 0 Å². The Kier molecular flexibility index (Phi) is 8.05. The van der Waals surface area contributed by atoms with Gasteiger partial charge >= 0.3 is 0 Å². The molecular weight excluding hydrogens is 422 g/mol. The number of hydrogen-bond donors (Lipinski definition) is 2. The molecule has 0 radical (unpaired) electrons. The van der Waals surface area contributed by atoms with Gasteiger partial charge in [-0.25, -0.2) is 0 Å². The third kappa shape index (κ3) is 5.76. The van der Waals surface area contributed by atoms with Crippen molar-refractivity contribution in [2.24, 2.45) is 0 Å². The summed E-state index contributed by atoms with van der Waals surface area (Å²) in [7, 11) is 0. The first-order chi connectivity index (χ1) is 15.4. The van der Waals surface area contributed by atoms with E-state index >= 15 is 0 Å². The first-order valence-electron chi connectivity index (χ1n) is 10.7. The van der Waals surface area contributed by atoms with Gasteiger partial charge in [-0.1, -0.05) is 49.0 Å². The van der Waals surface area contributed by atoms with E-state index < -0.39 is 0 Å². The van der Waals surface area contributed by atoms with Crippen LogP contribution in [0.3, 0.4) is 0 Å². The molecule has 8 heteroatoms. The monoisotopic (exact) mass is 451 g/mol. The second-order valence-corrected chi connectivity index (χ2v) is 8.42. The van der Waals surface area contributed by atoms with Crippen LogP contribution in [0, 0.1) is 6.92 Å². The fourth-order valence-corrected chi connectivity index (χ4v) is 4.15. The maximum absolute atomic E-state index is 12.7. The molecule has 2 aromatic carbocycles. The summed E-state index contributed by atoms with van der Waals surface area (Å²) in [5.74, 6) is 0.626. The molecule has 0 bridgehead atoms. The van der Waals surface area contributed by atoms with Gasteiger partial charge in [0.2, 0.25) is 5.91 Å². The Bertz CT molecular complexity index is 1080. The quantitative estimate of drug-likeness (QED) is 0.471. The van der Waals surface area contributed by atoms with Crippen molar-refractivity contribution in [1.29, 1.82) is 0 Å². The summed E-state index contributed by atoms with van der Waals surface area (Å²) in [5, 5.41) is 15.1. The Morgan fingerprint density at radius 2 is 1.78 bits per heavy atom. The molecule has 0 spiro atoms. The number of aryl methyl sites for hydroxylation is 2. The molecular formula is C24H29N5O2S. The van der Waals surface area contributed by atoms with Crippen LogP contribution in [0.4, 0.5) is 5.69 Å². The minimum absolute atomic E-state index is 0.104. The number of nitrogens with zero attached hydrogens (tertiary/aromatic N) is 3. The van der Waals surface area contributed by atoms with Crippen LogP contribution in [-0.2, 0) is 17.8 Å². The van der Waals surface area contributed by atoms with Gasteiger partial charge < -0.3 is 15.2 Å². The first-order valence-corrected chi connectivity index (χ1v) is 11.7. The zero-order chi connectivity index (χ0) is 23.1. The predicted molar refractivity (Wildman–Crippen MR) is 128 cm³/mol. The van der Waals surface area contributed by atoms with Crippen molar-refractivity contribution in [2.45, 2.75) is 51.9 Å². The van der Waals surface area contributed by atoms with Crippen molar-refractivity contribution >= 4 is 29.3 Å². The summed E-state index contributed by atoms with van der Waals surface area (Å²) in [4.78, 5) is 25.0. The molecule has 3 aromatic rings. The third-order valence-electron chi connectivity index (χ3n) is 5.16. The summed E-state index contributed by atoms with van der Waals surface area (Å²) in [6.07, 6.45) is 0.961. The van der Waals surface area contributed by atoms with E-state index in [1.807, 2.05) is 67.8 Å². The Hall–Kier alpha value is -3.13. The number of carbonyl (C=O) groups excluding carboxylic acids is 2. The Labute approximate surface area is 193 Å². The number of anilines is 1. The zero-order valence-electron chi connectivity index (χ0n) is 18.9. The second kappa shape index (κ2) is 10.9. The van der Waals surface area contributed by atoms with Crippen LogP contribution in [0.25, 0.3) is 0 Å². The Morgan fingerprint density at radius 1 is 1.06 bits per heavy atom. The molecule has 1 heterocycles. The molecule has 32 heavy (non-hydrogen) atoms. The van der Waals surface area contributed by atoms with Gasteiger partial charge in [0.25, 0.3) is 5.91 Å². The van der Waals surface area contributed by atoms with Crippen LogP contribution in [-0.4, -0.2) is 32.3 Å². The van der Waals surface area contributed by atoms with Gasteiger partial charge in [-0.3, -0.25) is 9.59 Å². The molecule has 168 valence electrons. The van der Waals surface area contributed by atoms with E-state index in [0.717, 1.165) is 17.7 Å². The van der Waals surface area contributed by atoms with Crippen LogP contribution in [0.15, 0.2) is 53.7 Å². The molecule has 2 amide bonds. The van der Waals surface area contributed by atoms with Crippen LogP contribution < -0.4 is 10.6 Å². The van der Waals surface area contributed by atoms with Gasteiger partial charge in [-0.15, -0.1) is 10.2 Å². The summed E-state index contributed by atoms with van der Waals surface area (Å²) < 4.78 is 1.93. The number of carbonyl (C=O) groups is 2. The Morgan fingerprint density at radius 3 is 2.44 bits per heavy atom. The van der Waals surface area contributed by atoms with Gasteiger partial charge in [0, 0.05) is 17.8 Å². The zero-order valence-corrected chi connectivity index (χ0v) is 19.7. The normalized spacial score (nSPS) is 11.8. The molecule has 0 unspecified atom stereocenters. The number of benzene rings is 2. The fourth-order valence-electron chi connectivity index (χ4n) is 3.34. The summed E-state index contributed by atoms with van der Waals surface area (Å²) in [6, 6.07) is 15.0. The molecule has 1 aromatic heterocycles. The lowest BCUT2D eigenvalue weighted by molar-refractivity contribution is -0.113. The van der Waals surface area contributed by atoms with E-state index in [4.69, 9.17) is 0 Å². The molecule has 0 saturated heterocycles. The highest BCUT2D eigenvalue weighted by molar-refractivity contribution is 7.99. The minimum Gasteiger partial charge on any atom is -0.342 e. The lowest BCUT2D eigenvalue weighted by atomic mass is 10.1. The van der Waals surface area contributed by atoms with E-state index in [-0.39, 0.29) is 23.6 Å². The highest BCUT2D eigenvalue weighted by Gasteiger charge is 2.20. The van der Waals surface area contributed by atoms with Crippen molar-refractivity contribution in [2.75, 3.05) is 11.1 Å². The topological polar surface area (TPSA) is 88.9 Å².